The molecular weight excluding hydrogens is 763 g/mol. The van der Waals surface area contributed by atoms with Gasteiger partial charge in [-0.05, 0) is 103 Å². The molecule has 2 aliphatic carbocycles. The molecule has 0 saturated carbocycles. The van der Waals surface area contributed by atoms with Gasteiger partial charge >= 0.3 is 0 Å². The fraction of sp³-hybridized carbons (Fsp3) is 0.0164. The Labute approximate surface area is 366 Å². The third kappa shape index (κ3) is 5.19. The van der Waals surface area contributed by atoms with Crippen LogP contribution in [0.3, 0.4) is 0 Å². The van der Waals surface area contributed by atoms with Crippen LogP contribution in [0.15, 0.2) is 241 Å². The summed E-state index contributed by atoms with van der Waals surface area (Å²) in [7, 11) is 0. The molecule has 0 radical (unpaired) electrons. The van der Waals surface area contributed by atoms with Gasteiger partial charge in [0.15, 0.2) is 0 Å². The zero-order valence-corrected chi connectivity index (χ0v) is 34.4. The highest BCUT2D eigenvalue weighted by Crippen LogP contribution is 2.65. The second kappa shape index (κ2) is 13.9. The summed E-state index contributed by atoms with van der Waals surface area (Å²) in [6.45, 7) is 0. The zero-order valence-electron chi connectivity index (χ0n) is 34.4. The maximum absolute atomic E-state index is 6.77. The van der Waals surface area contributed by atoms with Crippen LogP contribution >= 0.6 is 0 Å². The molecule has 1 atom stereocenters. The molecule has 2 nitrogen and oxygen atoms in total. The molecule has 10 aromatic carbocycles. The average molecular weight is 802 g/mol. The molecule has 0 bridgehead atoms. The standard InChI is InChI=1S/C61H39NO/c1-3-16-40(17-4-1)41-30-34-44(35-31-41)62(56-28-13-9-20-46(56)42-18-5-2-6-19-42)45-36-32-43(33-37-45)47-24-15-27-54-58(47)50-22-7-11-25-52(50)61(54)53-26-12-8-23-51(53)59-55(61)39-38-49-48-21-10-14-29-57(48)63-60(49)59/h1-39H. The predicted molar refractivity (Wildman–Crippen MR) is 261 cm³/mol. The molecule has 2 heteroatoms. The molecule has 0 fully saturated rings. The van der Waals surface area contributed by atoms with Crippen LogP contribution < -0.4 is 4.90 Å². The van der Waals surface area contributed by atoms with Crippen LogP contribution in [0.4, 0.5) is 17.1 Å². The van der Waals surface area contributed by atoms with E-state index in [9.17, 15) is 0 Å². The highest BCUT2D eigenvalue weighted by molar-refractivity contribution is 6.13. The van der Waals surface area contributed by atoms with E-state index in [0.29, 0.717) is 0 Å². The number of nitrogens with zero attached hydrogens (tertiary/aromatic N) is 1. The lowest BCUT2D eigenvalue weighted by atomic mass is 9.70. The fourth-order valence-electron chi connectivity index (χ4n) is 10.9. The van der Waals surface area contributed by atoms with Gasteiger partial charge in [0, 0.05) is 33.3 Å². The van der Waals surface area contributed by atoms with E-state index in [4.69, 9.17) is 4.42 Å². The number of hydrogen-bond acceptors (Lipinski definition) is 2. The predicted octanol–water partition coefficient (Wildman–Crippen LogP) is 16.4. The Morgan fingerprint density at radius 3 is 1.51 bits per heavy atom. The first-order valence-electron chi connectivity index (χ1n) is 21.8. The molecule has 1 aromatic heterocycles. The van der Waals surface area contributed by atoms with Crippen molar-refractivity contribution >= 4 is 39.0 Å². The summed E-state index contributed by atoms with van der Waals surface area (Å²) in [5, 5.41) is 2.31. The van der Waals surface area contributed by atoms with E-state index < -0.39 is 5.41 Å². The monoisotopic (exact) mass is 801 g/mol. The van der Waals surface area contributed by atoms with E-state index in [0.717, 1.165) is 39.0 Å². The quantitative estimate of drug-likeness (QED) is 0.167. The minimum absolute atomic E-state index is 0.495. The van der Waals surface area contributed by atoms with Crippen molar-refractivity contribution in [3.05, 3.63) is 259 Å². The first kappa shape index (κ1) is 35.5. The van der Waals surface area contributed by atoms with E-state index in [2.05, 4.69) is 241 Å². The molecule has 11 aromatic rings. The number of fused-ring (bicyclic) bond motifs is 14. The third-order valence-corrected chi connectivity index (χ3v) is 13.5. The molecule has 63 heavy (non-hydrogen) atoms. The van der Waals surface area contributed by atoms with Gasteiger partial charge < -0.3 is 9.32 Å². The van der Waals surface area contributed by atoms with Crippen molar-refractivity contribution in [2.24, 2.45) is 0 Å². The first-order chi connectivity index (χ1) is 31.3. The van der Waals surface area contributed by atoms with Crippen molar-refractivity contribution in [1.82, 2.24) is 0 Å². The minimum atomic E-state index is -0.495. The molecule has 1 unspecified atom stereocenters. The van der Waals surface area contributed by atoms with Crippen molar-refractivity contribution in [2.45, 2.75) is 5.41 Å². The lowest BCUT2D eigenvalue weighted by Crippen LogP contribution is -2.25. The van der Waals surface area contributed by atoms with Crippen molar-refractivity contribution < 1.29 is 4.42 Å². The van der Waals surface area contributed by atoms with Gasteiger partial charge in [-0.25, -0.2) is 0 Å². The number of rotatable bonds is 6. The van der Waals surface area contributed by atoms with Gasteiger partial charge in [0.25, 0.3) is 0 Å². The summed E-state index contributed by atoms with van der Waals surface area (Å²) in [4.78, 5) is 2.39. The summed E-state index contributed by atoms with van der Waals surface area (Å²) >= 11 is 0. The van der Waals surface area contributed by atoms with Crippen molar-refractivity contribution in [3.63, 3.8) is 0 Å². The van der Waals surface area contributed by atoms with Gasteiger partial charge in [0.1, 0.15) is 11.2 Å². The summed E-state index contributed by atoms with van der Waals surface area (Å²) in [6.07, 6.45) is 0. The summed E-state index contributed by atoms with van der Waals surface area (Å²) in [6, 6.07) is 86.2. The van der Waals surface area contributed by atoms with Gasteiger partial charge in [-0.15, -0.1) is 0 Å². The van der Waals surface area contributed by atoms with Gasteiger partial charge in [-0.1, -0.05) is 200 Å². The first-order valence-corrected chi connectivity index (χ1v) is 21.8. The minimum Gasteiger partial charge on any atom is -0.455 e. The van der Waals surface area contributed by atoms with Crippen molar-refractivity contribution in [1.29, 1.82) is 0 Å². The van der Waals surface area contributed by atoms with E-state index in [1.54, 1.807) is 0 Å². The molecule has 0 amide bonds. The van der Waals surface area contributed by atoms with E-state index >= 15 is 0 Å². The van der Waals surface area contributed by atoms with E-state index in [1.165, 1.54) is 77.9 Å². The molecule has 0 aliphatic heterocycles. The Bertz CT molecular complexity index is 3550. The van der Waals surface area contributed by atoms with Crippen LogP contribution in [0, 0.1) is 0 Å². The Morgan fingerprint density at radius 1 is 0.302 bits per heavy atom. The fourth-order valence-corrected chi connectivity index (χ4v) is 10.9. The highest BCUT2D eigenvalue weighted by atomic mass is 16.3. The number of hydrogen-bond donors (Lipinski definition) is 0. The second-order valence-corrected chi connectivity index (χ2v) is 16.7. The van der Waals surface area contributed by atoms with Gasteiger partial charge in [-0.2, -0.15) is 0 Å². The molecule has 294 valence electrons. The number of furan rings is 1. The Hall–Kier alpha value is -8.20. The number of anilines is 3. The van der Waals surface area contributed by atoms with Crippen molar-refractivity contribution in [2.75, 3.05) is 4.90 Å². The molecule has 1 spiro atoms. The van der Waals surface area contributed by atoms with Crippen LogP contribution in [-0.2, 0) is 5.41 Å². The summed E-state index contributed by atoms with van der Waals surface area (Å²) < 4.78 is 6.77. The number of benzene rings is 10. The molecule has 13 rings (SSSR count). The maximum Gasteiger partial charge on any atom is 0.143 e. The van der Waals surface area contributed by atoms with E-state index in [1.807, 2.05) is 0 Å². The van der Waals surface area contributed by atoms with Gasteiger partial charge in [-0.3, -0.25) is 0 Å². The lowest BCUT2D eigenvalue weighted by Gasteiger charge is -2.30. The van der Waals surface area contributed by atoms with Gasteiger partial charge in [0.2, 0.25) is 0 Å². The van der Waals surface area contributed by atoms with Crippen LogP contribution in [-0.4, -0.2) is 0 Å². The van der Waals surface area contributed by atoms with Crippen LogP contribution in [0.5, 0.6) is 0 Å². The Morgan fingerprint density at radius 2 is 0.794 bits per heavy atom. The van der Waals surface area contributed by atoms with E-state index in [-0.39, 0.29) is 0 Å². The SMILES string of the molecule is c1ccc(-c2ccc(N(c3ccc(-c4cccc5c4-c4ccccc4C54c5ccccc5-c5c4ccc4c5oc5ccccc54)cc3)c3ccccc3-c3ccccc3)cc2)cc1. The van der Waals surface area contributed by atoms with Crippen LogP contribution in [0.25, 0.3) is 77.6 Å². The largest absolute Gasteiger partial charge is 0.455 e. The van der Waals surface area contributed by atoms with Crippen LogP contribution in [0.1, 0.15) is 22.3 Å². The topological polar surface area (TPSA) is 16.4 Å². The van der Waals surface area contributed by atoms with Crippen molar-refractivity contribution in [3.8, 4) is 55.6 Å². The van der Waals surface area contributed by atoms with Gasteiger partial charge in [0.05, 0.1) is 11.1 Å². The molecule has 1 heterocycles. The normalized spacial score (nSPS) is 14.4. The molecule has 2 aliphatic rings. The Kier molecular flexibility index (Phi) is 7.85. The molecular formula is C61H39NO. The highest BCUT2D eigenvalue weighted by Gasteiger charge is 2.53. The molecule has 0 N–H and O–H groups in total. The smallest absolute Gasteiger partial charge is 0.143 e. The second-order valence-electron chi connectivity index (χ2n) is 16.7. The van der Waals surface area contributed by atoms with Crippen LogP contribution in [0.2, 0.25) is 0 Å². The lowest BCUT2D eigenvalue weighted by molar-refractivity contribution is 0.669. The molecule has 0 saturated heterocycles. The Balaban J connectivity index is 0.980. The number of para-hydroxylation sites is 2. The third-order valence-electron chi connectivity index (χ3n) is 13.5. The maximum atomic E-state index is 6.77. The summed E-state index contributed by atoms with van der Waals surface area (Å²) in [5.41, 5.74) is 22.1. The zero-order chi connectivity index (χ0) is 41.5. The average Bonchev–Trinajstić information content (AvgIpc) is 4.00. The summed E-state index contributed by atoms with van der Waals surface area (Å²) in [5.74, 6) is 0.